The van der Waals surface area contributed by atoms with E-state index in [1.54, 1.807) is 14.1 Å². The zero-order chi connectivity index (χ0) is 12.3. The standard InChI is InChI=1S/C12H19N3O/c1-9-6-7-10(8-11(9)14(2)3)13-12(16)15(4)5/h6-8H,1-5H3,(H,13,16). The minimum atomic E-state index is -0.117. The van der Waals surface area contributed by atoms with Gasteiger partial charge in [0.05, 0.1) is 0 Å². The van der Waals surface area contributed by atoms with Crippen molar-refractivity contribution < 1.29 is 4.79 Å². The fraction of sp³-hybridized carbons (Fsp3) is 0.417. The Balaban J connectivity index is 2.91. The second kappa shape index (κ2) is 4.88. The van der Waals surface area contributed by atoms with Crippen LogP contribution in [0.1, 0.15) is 5.56 Å². The monoisotopic (exact) mass is 221 g/mol. The summed E-state index contributed by atoms with van der Waals surface area (Å²) in [5.74, 6) is 0. The second-order valence-corrected chi connectivity index (χ2v) is 4.22. The quantitative estimate of drug-likeness (QED) is 0.830. The molecule has 0 aliphatic heterocycles. The van der Waals surface area contributed by atoms with Crippen molar-refractivity contribution in [1.82, 2.24) is 4.90 Å². The molecular weight excluding hydrogens is 202 g/mol. The Hall–Kier alpha value is -1.71. The minimum absolute atomic E-state index is 0.117. The van der Waals surface area contributed by atoms with Crippen LogP contribution in [-0.4, -0.2) is 39.1 Å². The number of nitrogens with zero attached hydrogens (tertiary/aromatic N) is 2. The molecule has 2 amide bonds. The Morgan fingerprint density at radius 1 is 1.19 bits per heavy atom. The van der Waals surface area contributed by atoms with Gasteiger partial charge in [0.1, 0.15) is 0 Å². The maximum atomic E-state index is 11.5. The van der Waals surface area contributed by atoms with Crippen molar-refractivity contribution in [2.45, 2.75) is 6.92 Å². The van der Waals surface area contributed by atoms with Gasteiger partial charge in [0.15, 0.2) is 0 Å². The number of benzene rings is 1. The van der Waals surface area contributed by atoms with Crippen molar-refractivity contribution in [3.63, 3.8) is 0 Å². The maximum Gasteiger partial charge on any atom is 0.321 e. The molecule has 0 atom stereocenters. The van der Waals surface area contributed by atoms with Gasteiger partial charge in [0.25, 0.3) is 0 Å². The van der Waals surface area contributed by atoms with Gasteiger partial charge in [0.2, 0.25) is 0 Å². The molecular formula is C12H19N3O. The van der Waals surface area contributed by atoms with Gasteiger partial charge in [-0.15, -0.1) is 0 Å². The topological polar surface area (TPSA) is 35.6 Å². The van der Waals surface area contributed by atoms with Crippen LogP contribution in [0.4, 0.5) is 16.2 Å². The van der Waals surface area contributed by atoms with E-state index < -0.39 is 0 Å². The average molecular weight is 221 g/mol. The Labute approximate surface area is 96.9 Å². The number of carbonyl (C=O) groups is 1. The lowest BCUT2D eigenvalue weighted by atomic mass is 10.1. The van der Waals surface area contributed by atoms with Crippen molar-refractivity contribution in [3.8, 4) is 0 Å². The Kier molecular flexibility index (Phi) is 3.77. The van der Waals surface area contributed by atoms with Crippen LogP contribution in [0.25, 0.3) is 0 Å². The maximum absolute atomic E-state index is 11.5. The fourth-order valence-electron chi connectivity index (χ4n) is 1.40. The SMILES string of the molecule is Cc1ccc(NC(=O)N(C)C)cc1N(C)C. The highest BCUT2D eigenvalue weighted by Crippen LogP contribution is 2.22. The van der Waals surface area contributed by atoms with E-state index in [1.807, 2.05) is 44.1 Å². The van der Waals surface area contributed by atoms with E-state index in [2.05, 4.69) is 5.32 Å². The van der Waals surface area contributed by atoms with Gasteiger partial charge in [-0.2, -0.15) is 0 Å². The molecule has 1 rings (SSSR count). The summed E-state index contributed by atoms with van der Waals surface area (Å²) in [6, 6.07) is 5.76. The number of nitrogens with one attached hydrogen (secondary N) is 1. The lowest BCUT2D eigenvalue weighted by molar-refractivity contribution is 0.230. The number of rotatable bonds is 2. The summed E-state index contributed by atoms with van der Waals surface area (Å²) in [6.07, 6.45) is 0. The molecule has 88 valence electrons. The van der Waals surface area contributed by atoms with Crippen LogP contribution in [0.3, 0.4) is 0 Å². The van der Waals surface area contributed by atoms with E-state index in [9.17, 15) is 4.79 Å². The van der Waals surface area contributed by atoms with E-state index in [1.165, 1.54) is 10.5 Å². The molecule has 0 aliphatic rings. The molecule has 0 radical (unpaired) electrons. The van der Waals surface area contributed by atoms with E-state index in [0.29, 0.717) is 0 Å². The summed E-state index contributed by atoms with van der Waals surface area (Å²) in [6.45, 7) is 2.05. The first-order chi connectivity index (χ1) is 7.41. The van der Waals surface area contributed by atoms with E-state index in [0.717, 1.165) is 11.4 Å². The smallest absolute Gasteiger partial charge is 0.321 e. The molecule has 0 heterocycles. The molecule has 4 nitrogen and oxygen atoms in total. The summed E-state index contributed by atoms with van der Waals surface area (Å²) in [5, 5.41) is 2.82. The van der Waals surface area contributed by atoms with E-state index in [4.69, 9.17) is 0 Å². The molecule has 0 fully saturated rings. The molecule has 1 aromatic carbocycles. The third-order valence-corrected chi connectivity index (χ3v) is 2.35. The van der Waals surface area contributed by atoms with Gasteiger partial charge < -0.3 is 15.1 Å². The Bertz CT molecular complexity index is 386. The molecule has 0 bridgehead atoms. The van der Waals surface area contributed by atoms with Crippen LogP contribution in [-0.2, 0) is 0 Å². The molecule has 0 aromatic heterocycles. The number of aryl methyl sites for hydroxylation is 1. The van der Waals surface area contributed by atoms with E-state index in [-0.39, 0.29) is 6.03 Å². The molecule has 0 saturated carbocycles. The minimum Gasteiger partial charge on any atom is -0.377 e. The van der Waals surface area contributed by atoms with Gasteiger partial charge in [-0.05, 0) is 24.6 Å². The molecule has 16 heavy (non-hydrogen) atoms. The molecule has 4 heteroatoms. The fourth-order valence-corrected chi connectivity index (χ4v) is 1.40. The lowest BCUT2D eigenvalue weighted by Crippen LogP contribution is -2.27. The van der Waals surface area contributed by atoms with Crippen molar-refractivity contribution >= 4 is 17.4 Å². The third kappa shape index (κ3) is 2.89. The number of urea groups is 1. The number of carbonyl (C=O) groups excluding carboxylic acids is 1. The van der Waals surface area contributed by atoms with Gasteiger partial charge in [-0.3, -0.25) is 0 Å². The summed E-state index contributed by atoms with van der Waals surface area (Å²) in [7, 11) is 7.41. The van der Waals surface area contributed by atoms with Gasteiger partial charge >= 0.3 is 6.03 Å². The summed E-state index contributed by atoms with van der Waals surface area (Å²) in [4.78, 5) is 15.0. The number of hydrogen-bond donors (Lipinski definition) is 1. The van der Waals surface area contributed by atoms with Crippen LogP contribution in [0.2, 0.25) is 0 Å². The highest BCUT2D eigenvalue weighted by molar-refractivity contribution is 5.89. The number of hydrogen-bond acceptors (Lipinski definition) is 2. The first kappa shape index (κ1) is 12.4. The Morgan fingerprint density at radius 2 is 1.81 bits per heavy atom. The van der Waals surface area contributed by atoms with Gasteiger partial charge in [0, 0.05) is 39.6 Å². The van der Waals surface area contributed by atoms with Gasteiger partial charge in [-0.1, -0.05) is 6.07 Å². The second-order valence-electron chi connectivity index (χ2n) is 4.22. The van der Waals surface area contributed by atoms with Crippen molar-refractivity contribution in [2.75, 3.05) is 38.4 Å². The third-order valence-electron chi connectivity index (χ3n) is 2.35. The first-order valence-corrected chi connectivity index (χ1v) is 5.18. The van der Waals surface area contributed by atoms with Crippen LogP contribution < -0.4 is 10.2 Å². The number of anilines is 2. The average Bonchev–Trinajstić information content (AvgIpc) is 2.20. The largest absolute Gasteiger partial charge is 0.377 e. The van der Waals surface area contributed by atoms with E-state index >= 15 is 0 Å². The molecule has 0 saturated heterocycles. The van der Waals surface area contributed by atoms with Crippen LogP contribution in [0, 0.1) is 6.92 Å². The van der Waals surface area contributed by atoms with Gasteiger partial charge in [-0.25, -0.2) is 4.79 Å². The van der Waals surface area contributed by atoms with Crippen molar-refractivity contribution in [3.05, 3.63) is 23.8 Å². The Morgan fingerprint density at radius 3 is 2.31 bits per heavy atom. The predicted octanol–water partition coefficient (Wildman–Crippen LogP) is 2.15. The lowest BCUT2D eigenvalue weighted by Gasteiger charge is -2.18. The highest BCUT2D eigenvalue weighted by atomic mass is 16.2. The molecule has 0 spiro atoms. The van der Waals surface area contributed by atoms with Crippen LogP contribution >= 0.6 is 0 Å². The first-order valence-electron chi connectivity index (χ1n) is 5.18. The van der Waals surface area contributed by atoms with Crippen LogP contribution in [0.15, 0.2) is 18.2 Å². The van der Waals surface area contributed by atoms with Crippen molar-refractivity contribution in [1.29, 1.82) is 0 Å². The van der Waals surface area contributed by atoms with Crippen LogP contribution in [0.5, 0.6) is 0 Å². The summed E-state index contributed by atoms with van der Waals surface area (Å²) < 4.78 is 0. The molecule has 0 unspecified atom stereocenters. The van der Waals surface area contributed by atoms with Crippen molar-refractivity contribution in [2.24, 2.45) is 0 Å². The molecule has 1 aromatic rings. The zero-order valence-corrected chi connectivity index (χ0v) is 10.5. The molecule has 0 aliphatic carbocycles. The molecule has 1 N–H and O–H groups in total. The summed E-state index contributed by atoms with van der Waals surface area (Å²) in [5.41, 5.74) is 3.11. The highest BCUT2D eigenvalue weighted by Gasteiger charge is 2.06. The summed E-state index contributed by atoms with van der Waals surface area (Å²) >= 11 is 0. The normalized spacial score (nSPS) is 9.81. The number of amides is 2. The predicted molar refractivity (Wildman–Crippen MR) is 68.2 cm³/mol. The zero-order valence-electron chi connectivity index (χ0n) is 10.5.